The van der Waals surface area contributed by atoms with E-state index in [2.05, 4.69) is 69.3 Å². The van der Waals surface area contributed by atoms with Crippen LogP contribution >= 0.6 is 7.92 Å². The van der Waals surface area contributed by atoms with Gasteiger partial charge in [0.05, 0.1) is 0 Å². The third kappa shape index (κ3) is 4.92. The molecule has 0 saturated heterocycles. The predicted molar refractivity (Wildman–Crippen MR) is 107 cm³/mol. The van der Waals surface area contributed by atoms with E-state index in [0.717, 1.165) is 6.16 Å². The summed E-state index contributed by atoms with van der Waals surface area (Å²) in [5, 5.41) is 3.10. The van der Waals surface area contributed by atoms with Gasteiger partial charge >= 0.3 is 0 Å². The molecule has 0 fully saturated rings. The first-order valence-electron chi connectivity index (χ1n) is 9.04. The fourth-order valence-corrected chi connectivity index (χ4v) is 5.42. The van der Waals surface area contributed by atoms with Gasteiger partial charge in [-0.3, -0.25) is 0 Å². The normalized spacial score (nSPS) is 11.1. The van der Waals surface area contributed by atoms with Gasteiger partial charge in [-0.25, -0.2) is 0 Å². The molecule has 0 nitrogen and oxygen atoms in total. The molecule has 0 saturated carbocycles. The Morgan fingerprint density at radius 3 is 1.57 bits per heavy atom. The van der Waals surface area contributed by atoms with Crippen molar-refractivity contribution in [2.45, 2.75) is 52.4 Å². The van der Waals surface area contributed by atoms with Crippen LogP contribution in [0.25, 0.3) is 0 Å². The highest BCUT2D eigenvalue weighted by molar-refractivity contribution is 7.73. The molecule has 0 N–H and O–H groups in total. The van der Waals surface area contributed by atoms with Crippen molar-refractivity contribution in [3.63, 3.8) is 0 Å². The average molecular weight is 325 g/mol. The lowest BCUT2D eigenvalue weighted by Gasteiger charge is -2.23. The van der Waals surface area contributed by atoms with Crippen LogP contribution < -0.4 is 10.6 Å². The van der Waals surface area contributed by atoms with E-state index in [1.165, 1.54) is 49.7 Å². The van der Waals surface area contributed by atoms with E-state index in [9.17, 15) is 0 Å². The summed E-state index contributed by atoms with van der Waals surface area (Å²) < 4.78 is 0. The van der Waals surface area contributed by atoms with E-state index < -0.39 is 0 Å². The molecule has 23 heavy (non-hydrogen) atoms. The molecule has 0 spiro atoms. The molecule has 0 aromatic heterocycles. The minimum atomic E-state index is -0.334. The lowest BCUT2D eigenvalue weighted by molar-refractivity contribution is 0.797. The lowest BCUT2D eigenvalue weighted by atomic mass is 10.1. The second-order valence-corrected chi connectivity index (χ2v) is 8.38. The van der Waals surface area contributed by atoms with E-state index in [1.807, 2.05) is 0 Å². The zero-order valence-corrected chi connectivity index (χ0v) is 15.6. The Balaban J connectivity index is 2.37. The average Bonchev–Trinajstić information content (AvgIpc) is 2.60. The fourth-order valence-electron chi connectivity index (χ4n) is 3.08. The molecule has 123 valence electrons. The molecule has 0 bridgehead atoms. The number of rotatable bonds is 9. The van der Waals surface area contributed by atoms with Gasteiger partial charge in [0.2, 0.25) is 0 Å². The van der Waals surface area contributed by atoms with Gasteiger partial charge in [-0.05, 0) is 68.4 Å². The summed E-state index contributed by atoms with van der Waals surface area (Å²) in [4.78, 5) is 0. The van der Waals surface area contributed by atoms with E-state index in [4.69, 9.17) is 0 Å². The Hall–Kier alpha value is -1.13. The van der Waals surface area contributed by atoms with Gasteiger partial charge in [0.15, 0.2) is 0 Å². The van der Waals surface area contributed by atoms with Gasteiger partial charge in [-0.2, -0.15) is 0 Å². The van der Waals surface area contributed by atoms with E-state index in [1.54, 1.807) is 10.6 Å². The fraction of sp³-hybridized carbons (Fsp3) is 0.409. The monoisotopic (exact) mass is 325 g/mol. The topological polar surface area (TPSA) is 0 Å². The first-order chi connectivity index (χ1) is 11.3. The van der Waals surface area contributed by atoms with Crippen molar-refractivity contribution >= 4 is 18.5 Å². The molecule has 0 aliphatic heterocycles. The van der Waals surface area contributed by atoms with Crippen molar-refractivity contribution in [2.75, 3.05) is 6.16 Å². The molecule has 2 rings (SSSR count). The largest absolute Gasteiger partial charge is 0.0654 e. The summed E-state index contributed by atoms with van der Waals surface area (Å²) in [6, 6.07) is 18.1. The summed E-state index contributed by atoms with van der Waals surface area (Å²) >= 11 is 0. The van der Waals surface area contributed by atoms with Crippen LogP contribution in [0.4, 0.5) is 0 Å². The molecule has 0 amide bonds. The van der Waals surface area contributed by atoms with Crippen molar-refractivity contribution in [3.05, 3.63) is 66.6 Å². The Morgan fingerprint density at radius 1 is 0.739 bits per heavy atom. The maximum absolute atomic E-state index is 4.31. The van der Waals surface area contributed by atoms with Gasteiger partial charge < -0.3 is 0 Å². The maximum atomic E-state index is 4.31. The molecular weight excluding hydrogens is 295 g/mol. The summed E-state index contributed by atoms with van der Waals surface area (Å²) in [5.41, 5.74) is 3.07. The molecule has 2 aromatic rings. The van der Waals surface area contributed by atoms with Gasteiger partial charge in [0.1, 0.15) is 0 Å². The molecule has 0 unspecified atom stereocenters. The summed E-state index contributed by atoms with van der Waals surface area (Å²) in [7, 11) is -0.334. The summed E-state index contributed by atoms with van der Waals surface area (Å²) in [6.45, 7) is 8.85. The van der Waals surface area contributed by atoms with Crippen LogP contribution in [-0.4, -0.2) is 6.16 Å². The van der Waals surface area contributed by atoms with E-state index in [0.29, 0.717) is 0 Å². The van der Waals surface area contributed by atoms with Crippen molar-refractivity contribution in [1.82, 2.24) is 0 Å². The minimum Gasteiger partial charge on any atom is -0.0654 e. The Morgan fingerprint density at radius 2 is 1.17 bits per heavy atom. The standard InChI is InChI=1S/C22H30P/c1-4-7-13-19-15-9-11-17-21(19)23(6-3)22-18-12-10-16-20(22)14-8-5-2/h9-12,15-18H,3-8,13-14H2,1-2H3. The summed E-state index contributed by atoms with van der Waals surface area (Å²) in [5.74, 6) is 0. The highest BCUT2D eigenvalue weighted by atomic mass is 31.1. The molecule has 1 heteroatoms. The quantitative estimate of drug-likeness (QED) is 0.523. The van der Waals surface area contributed by atoms with Gasteiger partial charge in [0, 0.05) is 0 Å². The highest BCUT2D eigenvalue weighted by Gasteiger charge is 2.17. The highest BCUT2D eigenvalue weighted by Crippen LogP contribution is 2.36. The molecule has 0 atom stereocenters. The van der Waals surface area contributed by atoms with Crippen molar-refractivity contribution < 1.29 is 0 Å². The first-order valence-corrected chi connectivity index (χ1v) is 10.6. The van der Waals surface area contributed by atoms with Gasteiger partial charge in [-0.1, -0.05) is 75.2 Å². The third-order valence-corrected chi connectivity index (χ3v) is 6.87. The molecule has 0 heterocycles. The van der Waals surface area contributed by atoms with Crippen LogP contribution in [0.3, 0.4) is 0 Å². The van der Waals surface area contributed by atoms with Crippen LogP contribution in [0.2, 0.25) is 0 Å². The predicted octanol–water partition coefficient (Wildman–Crippen LogP) is 5.64. The molecule has 0 aliphatic carbocycles. The van der Waals surface area contributed by atoms with Crippen molar-refractivity contribution in [1.29, 1.82) is 0 Å². The molecule has 1 radical (unpaired) electrons. The Kier molecular flexibility index (Phi) is 7.83. The van der Waals surface area contributed by atoms with Crippen LogP contribution in [0.5, 0.6) is 0 Å². The number of benzene rings is 2. The molecule has 2 aromatic carbocycles. The van der Waals surface area contributed by atoms with Crippen LogP contribution in [0.15, 0.2) is 48.5 Å². The zero-order chi connectivity index (χ0) is 16.5. The number of hydrogen-bond acceptors (Lipinski definition) is 0. The number of aryl methyl sites for hydroxylation is 2. The van der Waals surface area contributed by atoms with E-state index in [-0.39, 0.29) is 7.92 Å². The van der Waals surface area contributed by atoms with E-state index >= 15 is 0 Å². The summed E-state index contributed by atoms with van der Waals surface area (Å²) in [6.07, 6.45) is 8.43. The molecule has 0 aliphatic rings. The van der Waals surface area contributed by atoms with Crippen molar-refractivity contribution in [3.8, 4) is 0 Å². The number of unbranched alkanes of at least 4 members (excludes halogenated alkanes) is 2. The second kappa shape index (κ2) is 9.89. The Bertz CT molecular complexity index is 537. The van der Waals surface area contributed by atoms with Crippen LogP contribution in [0.1, 0.15) is 50.7 Å². The SMILES string of the molecule is [CH2]CP(c1ccccc1CCCC)c1ccccc1CCCC. The smallest absolute Gasteiger partial charge is 0.0163 e. The second-order valence-electron chi connectivity index (χ2n) is 6.12. The van der Waals surface area contributed by atoms with Gasteiger partial charge in [-0.15, -0.1) is 0 Å². The maximum Gasteiger partial charge on any atom is -0.0163 e. The first kappa shape index (κ1) is 18.2. The Labute approximate surface area is 144 Å². The van der Waals surface area contributed by atoms with Crippen LogP contribution in [0, 0.1) is 6.92 Å². The zero-order valence-electron chi connectivity index (χ0n) is 14.7. The van der Waals surface area contributed by atoms with Gasteiger partial charge in [0.25, 0.3) is 0 Å². The van der Waals surface area contributed by atoms with Crippen LogP contribution in [-0.2, 0) is 12.8 Å². The van der Waals surface area contributed by atoms with Crippen molar-refractivity contribution in [2.24, 2.45) is 0 Å². The number of hydrogen-bond donors (Lipinski definition) is 0. The molecular formula is C22H30P. The third-order valence-electron chi connectivity index (χ3n) is 4.39. The minimum absolute atomic E-state index is 0.334. The lowest BCUT2D eigenvalue weighted by Crippen LogP contribution is -2.20.